The van der Waals surface area contributed by atoms with Crippen molar-refractivity contribution in [3.63, 3.8) is 0 Å². The first kappa shape index (κ1) is 11.8. The Balaban J connectivity index is 0.000000531. The number of aromatic nitrogens is 2. The summed E-state index contributed by atoms with van der Waals surface area (Å²) < 4.78 is 2.17. The number of fused-ring (bicyclic) bond motifs is 1. The molecular weight excluding hydrogens is 184 g/mol. The van der Waals surface area contributed by atoms with Crippen LogP contribution in [-0.4, -0.2) is 9.38 Å². The van der Waals surface area contributed by atoms with Crippen molar-refractivity contribution in [1.82, 2.24) is 9.38 Å². The monoisotopic (exact) mass is 204 g/mol. The predicted molar refractivity (Wildman–Crippen MR) is 65.4 cm³/mol. The summed E-state index contributed by atoms with van der Waals surface area (Å²) in [7, 11) is 0. The highest BCUT2D eigenvalue weighted by Gasteiger charge is 2.10. The van der Waals surface area contributed by atoms with Gasteiger partial charge >= 0.3 is 0 Å². The summed E-state index contributed by atoms with van der Waals surface area (Å²) in [4.78, 5) is 4.50. The third-order valence-corrected chi connectivity index (χ3v) is 2.30. The molecule has 0 unspecified atom stereocenters. The number of aryl methyl sites for hydroxylation is 1. The van der Waals surface area contributed by atoms with Crippen LogP contribution in [0.15, 0.2) is 24.4 Å². The summed E-state index contributed by atoms with van der Waals surface area (Å²) in [6, 6.07) is 6.10. The predicted octanol–water partition coefficient (Wildman–Crippen LogP) is 3.79. The molecule has 0 spiro atoms. The smallest absolute Gasteiger partial charge is 0.137 e. The van der Waals surface area contributed by atoms with Crippen molar-refractivity contribution in [1.29, 1.82) is 0 Å². The Kier molecular flexibility index (Phi) is 3.89. The van der Waals surface area contributed by atoms with E-state index < -0.39 is 0 Å². The number of imidazole rings is 1. The fourth-order valence-electron chi connectivity index (χ4n) is 1.83. The first-order valence-corrected chi connectivity index (χ1v) is 5.63. The van der Waals surface area contributed by atoms with Crippen LogP contribution in [0.1, 0.15) is 45.0 Å². The van der Waals surface area contributed by atoms with Crippen molar-refractivity contribution >= 4 is 5.65 Å². The van der Waals surface area contributed by atoms with Crippen LogP contribution in [0, 0.1) is 6.92 Å². The van der Waals surface area contributed by atoms with E-state index in [0.717, 1.165) is 11.3 Å². The molecule has 2 aromatic heterocycles. The number of nitrogens with zero attached hydrogens (tertiary/aromatic N) is 2. The molecule has 2 rings (SSSR count). The molecule has 2 nitrogen and oxygen atoms in total. The van der Waals surface area contributed by atoms with Crippen molar-refractivity contribution in [3.8, 4) is 0 Å². The van der Waals surface area contributed by atoms with Crippen LogP contribution < -0.4 is 0 Å². The summed E-state index contributed by atoms with van der Waals surface area (Å²) in [5.74, 6) is 0.525. The van der Waals surface area contributed by atoms with E-state index in [1.165, 1.54) is 5.69 Å². The van der Waals surface area contributed by atoms with E-state index in [1.807, 2.05) is 32.0 Å². The highest BCUT2D eigenvalue weighted by Crippen LogP contribution is 2.19. The maximum Gasteiger partial charge on any atom is 0.137 e. The zero-order valence-corrected chi connectivity index (χ0v) is 10.3. The van der Waals surface area contributed by atoms with E-state index in [0.29, 0.717) is 5.92 Å². The van der Waals surface area contributed by atoms with Gasteiger partial charge in [-0.05, 0) is 25.0 Å². The molecule has 0 N–H and O–H groups in total. The summed E-state index contributed by atoms with van der Waals surface area (Å²) in [6.07, 6.45) is 2.07. The average Bonchev–Trinajstić information content (AvgIpc) is 2.56. The number of pyridine rings is 1. The Morgan fingerprint density at radius 2 is 1.87 bits per heavy atom. The van der Waals surface area contributed by atoms with Crippen LogP contribution in [0.4, 0.5) is 0 Å². The zero-order valence-electron chi connectivity index (χ0n) is 10.3. The molecule has 0 amide bonds. The number of rotatable bonds is 1. The largest absolute Gasteiger partial charge is 0.304 e. The maximum absolute atomic E-state index is 4.50. The Bertz CT molecular complexity index is 427. The normalized spacial score (nSPS) is 10.3. The molecule has 2 aromatic rings. The van der Waals surface area contributed by atoms with Gasteiger partial charge in [0.25, 0.3) is 0 Å². The second-order valence-electron chi connectivity index (χ2n) is 3.67. The molecule has 0 fully saturated rings. The first-order chi connectivity index (χ1) is 7.20. The molecule has 0 saturated carbocycles. The Hall–Kier alpha value is -1.31. The lowest BCUT2D eigenvalue weighted by atomic mass is 10.1. The maximum atomic E-state index is 4.50. The van der Waals surface area contributed by atoms with Gasteiger partial charge in [0, 0.05) is 11.9 Å². The first-order valence-electron chi connectivity index (χ1n) is 5.63. The molecule has 15 heavy (non-hydrogen) atoms. The minimum Gasteiger partial charge on any atom is -0.304 e. The zero-order chi connectivity index (χ0) is 11.4. The van der Waals surface area contributed by atoms with E-state index in [9.17, 15) is 0 Å². The lowest BCUT2D eigenvalue weighted by Gasteiger charge is -2.05. The van der Waals surface area contributed by atoms with Crippen molar-refractivity contribution in [3.05, 3.63) is 35.8 Å². The molecule has 0 saturated heterocycles. The highest BCUT2D eigenvalue weighted by molar-refractivity contribution is 5.43. The lowest BCUT2D eigenvalue weighted by molar-refractivity contribution is 0.799. The summed E-state index contributed by atoms with van der Waals surface area (Å²) >= 11 is 0. The lowest BCUT2D eigenvalue weighted by Crippen LogP contribution is -1.95. The minimum atomic E-state index is 0.525. The van der Waals surface area contributed by atoms with Gasteiger partial charge in [-0.3, -0.25) is 0 Å². The minimum absolute atomic E-state index is 0.525. The van der Waals surface area contributed by atoms with Crippen molar-refractivity contribution < 1.29 is 0 Å². The van der Waals surface area contributed by atoms with Gasteiger partial charge in [0.1, 0.15) is 5.65 Å². The van der Waals surface area contributed by atoms with Gasteiger partial charge in [0.2, 0.25) is 0 Å². The van der Waals surface area contributed by atoms with Crippen LogP contribution in [0.3, 0.4) is 0 Å². The Morgan fingerprint density at radius 3 is 2.47 bits per heavy atom. The van der Waals surface area contributed by atoms with Crippen LogP contribution in [0.2, 0.25) is 0 Å². The topological polar surface area (TPSA) is 17.3 Å². The number of hydrogen-bond donors (Lipinski definition) is 0. The van der Waals surface area contributed by atoms with Gasteiger partial charge in [-0.2, -0.15) is 0 Å². The second-order valence-corrected chi connectivity index (χ2v) is 3.67. The molecule has 2 heteroatoms. The second kappa shape index (κ2) is 4.96. The SMILES string of the molecule is CC.Cc1nc2ccccn2c1C(C)C. The molecule has 2 heterocycles. The average molecular weight is 204 g/mol. The molecule has 0 atom stereocenters. The van der Waals surface area contributed by atoms with Gasteiger partial charge in [0.05, 0.1) is 5.69 Å². The molecule has 82 valence electrons. The van der Waals surface area contributed by atoms with Crippen LogP contribution in [-0.2, 0) is 0 Å². The van der Waals surface area contributed by atoms with Gasteiger partial charge in [-0.15, -0.1) is 0 Å². The van der Waals surface area contributed by atoms with E-state index in [2.05, 4.69) is 36.4 Å². The van der Waals surface area contributed by atoms with E-state index in [-0.39, 0.29) is 0 Å². The molecule has 0 aromatic carbocycles. The quantitative estimate of drug-likeness (QED) is 0.690. The van der Waals surface area contributed by atoms with E-state index in [4.69, 9.17) is 0 Å². The standard InChI is InChI=1S/C11H14N2.C2H6/c1-8(2)11-9(3)12-10-6-4-5-7-13(10)11;1-2/h4-8H,1-3H3;1-2H3. The van der Waals surface area contributed by atoms with E-state index in [1.54, 1.807) is 0 Å². The highest BCUT2D eigenvalue weighted by atomic mass is 15.0. The molecule has 0 aliphatic heterocycles. The molecule has 0 radical (unpaired) electrons. The Labute approximate surface area is 92.0 Å². The van der Waals surface area contributed by atoms with Gasteiger partial charge < -0.3 is 4.40 Å². The van der Waals surface area contributed by atoms with Gasteiger partial charge in [-0.1, -0.05) is 33.8 Å². The van der Waals surface area contributed by atoms with E-state index >= 15 is 0 Å². The van der Waals surface area contributed by atoms with Gasteiger partial charge in [0.15, 0.2) is 0 Å². The van der Waals surface area contributed by atoms with Crippen molar-refractivity contribution in [2.45, 2.75) is 40.5 Å². The van der Waals surface area contributed by atoms with Crippen molar-refractivity contribution in [2.24, 2.45) is 0 Å². The fourth-order valence-corrected chi connectivity index (χ4v) is 1.83. The summed E-state index contributed by atoms with van der Waals surface area (Å²) in [6.45, 7) is 10.5. The Morgan fingerprint density at radius 1 is 1.20 bits per heavy atom. The van der Waals surface area contributed by atoms with Crippen LogP contribution in [0.25, 0.3) is 5.65 Å². The number of hydrogen-bond acceptors (Lipinski definition) is 1. The third kappa shape index (κ3) is 2.20. The molecule has 0 bridgehead atoms. The molecule has 0 aliphatic carbocycles. The third-order valence-electron chi connectivity index (χ3n) is 2.30. The van der Waals surface area contributed by atoms with Crippen molar-refractivity contribution in [2.75, 3.05) is 0 Å². The van der Waals surface area contributed by atoms with Crippen LogP contribution in [0.5, 0.6) is 0 Å². The van der Waals surface area contributed by atoms with Crippen LogP contribution >= 0.6 is 0 Å². The molecular formula is C13H20N2. The fraction of sp³-hybridized carbons (Fsp3) is 0.462. The van der Waals surface area contributed by atoms with Gasteiger partial charge in [-0.25, -0.2) is 4.98 Å². The summed E-state index contributed by atoms with van der Waals surface area (Å²) in [5, 5.41) is 0. The molecule has 0 aliphatic rings. The summed E-state index contributed by atoms with van der Waals surface area (Å²) in [5.41, 5.74) is 3.50.